The molecule has 0 atom stereocenters. The summed E-state index contributed by atoms with van der Waals surface area (Å²) in [6.07, 6.45) is 4.43. The van der Waals surface area contributed by atoms with Crippen molar-refractivity contribution in [2.75, 3.05) is 28.4 Å². The molecule has 186 valence electrons. The van der Waals surface area contributed by atoms with Crippen molar-refractivity contribution in [1.82, 2.24) is 5.43 Å². The van der Waals surface area contributed by atoms with E-state index in [1.165, 1.54) is 52.9 Å². The molecule has 0 fully saturated rings. The van der Waals surface area contributed by atoms with Crippen LogP contribution < -0.4 is 29.1 Å². The van der Waals surface area contributed by atoms with E-state index in [9.17, 15) is 9.59 Å². The molecule has 0 bridgehead atoms. The Labute approximate surface area is 208 Å². The predicted molar refractivity (Wildman–Crippen MR) is 135 cm³/mol. The van der Waals surface area contributed by atoms with Crippen LogP contribution in [-0.4, -0.2) is 46.5 Å². The number of carbonyl (C=O) groups is 2. The molecule has 0 saturated heterocycles. The van der Waals surface area contributed by atoms with Gasteiger partial charge in [0.2, 0.25) is 5.75 Å². The van der Waals surface area contributed by atoms with Gasteiger partial charge >= 0.3 is 5.97 Å². The van der Waals surface area contributed by atoms with Gasteiger partial charge in [0.15, 0.2) is 23.0 Å². The molecule has 0 saturated carbocycles. The van der Waals surface area contributed by atoms with Crippen LogP contribution in [-0.2, 0) is 4.79 Å². The van der Waals surface area contributed by atoms with Crippen molar-refractivity contribution in [3.63, 3.8) is 0 Å². The molecule has 0 aliphatic heterocycles. The molecular formula is C27H26N2O7. The maximum atomic E-state index is 12.6. The summed E-state index contributed by atoms with van der Waals surface area (Å²) in [5.41, 5.74) is 4.20. The fraction of sp³-hybridized carbons (Fsp3) is 0.148. The lowest BCUT2D eigenvalue weighted by atomic mass is 10.1. The molecule has 0 aliphatic carbocycles. The summed E-state index contributed by atoms with van der Waals surface area (Å²) in [6, 6.07) is 17.3. The number of hydrazone groups is 1. The molecule has 0 aromatic heterocycles. The molecule has 3 aromatic rings. The Kier molecular flexibility index (Phi) is 9.05. The summed E-state index contributed by atoms with van der Waals surface area (Å²) in [6.45, 7) is 0. The first-order valence-corrected chi connectivity index (χ1v) is 10.8. The van der Waals surface area contributed by atoms with Crippen LogP contribution in [0.4, 0.5) is 0 Å². The van der Waals surface area contributed by atoms with Gasteiger partial charge in [-0.1, -0.05) is 30.3 Å². The monoisotopic (exact) mass is 490 g/mol. The van der Waals surface area contributed by atoms with E-state index < -0.39 is 11.9 Å². The summed E-state index contributed by atoms with van der Waals surface area (Å²) < 4.78 is 26.5. The van der Waals surface area contributed by atoms with E-state index in [0.717, 1.165) is 5.56 Å². The summed E-state index contributed by atoms with van der Waals surface area (Å²) in [5, 5.41) is 3.99. The van der Waals surface area contributed by atoms with Crippen molar-refractivity contribution < 1.29 is 33.3 Å². The highest BCUT2D eigenvalue weighted by Crippen LogP contribution is 2.38. The Balaban J connectivity index is 1.67. The van der Waals surface area contributed by atoms with Crippen LogP contribution in [0.2, 0.25) is 0 Å². The minimum atomic E-state index is -0.545. The minimum absolute atomic E-state index is 0.249. The van der Waals surface area contributed by atoms with Gasteiger partial charge in [-0.05, 0) is 47.5 Å². The third-order valence-corrected chi connectivity index (χ3v) is 4.92. The Hall–Kier alpha value is -4.79. The van der Waals surface area contributed by atoms with E-state index in [4.69, 9.17) is 23.7 Å². The summed E-state index contributed by atoms with van der Waals surface area (Å²) >= 11 is 0. The number of amides is 1. The number of ether oxygens (including phenoxy) is 5. The van der Waals surface area contributed by atoms with Gasteiger partial charge in [-0.2, -0.15) is 5.10 Å². The van der Waals surface area contributed by atoms with Gasteiger partial charge in [-0.3, -0.25) is 4.79 Å². The molecule has 0 spiro atoms. The molecule has 1 amide bonds. The van der Waals surface area contributed by atoms with Gasteiger partial charge in [0, 0.05) is 11.6 Å². The lowest BCUT2D eigenvalue weighted by Gasteiger charge is -2.13. The van der Waals surface area contributed by atoms with Crippen LogP contribution in [0.1, 0.15) is 21.5 Å². The van der Waals surface area contributed by atoms with Crippen molar-refractivity contribution in [2.24, 2.45) is 5.10 Å². The smallest absolute Gasteiger partial charge is 0.336 e. The first-order valence-electron chi connectivity index (χ1n) is 10.8. The fourth-order valence-electron chi connectivity index (χ4n) is 3.16. The van der Waals surface area contributed by atoms with Crippen molar-refractivity contribution in [3.8, 4) is 28.7 Å². The highest BCUT2D eigenvalue weighted by Gasteiger charge is 2.16. The van der Waals surface area contributed by atoms with Crippen LogP contribution in [0.3, 0.4) is 0 Å². The molecule has 0 heterocycles. The van der Waals surface area contributed by atoms with E-state index in [0.29, 0.717) is 28.6 Å². The second-order valence-corrected chi connectivity index (χ2v) is 7.19. The average molecular weight is 491 g/mol. The van der Waals surface area contributed by atoms with Crippen molar-refractivity contribution in [3.05, 3.63) is 83.4 Å². The first-order chi connectivity index (χ1) is 17.5. The molecule has 0 unspecified atom stereocenters. The summed E-state index contributed by atoms with van der Waals surface area (Å²) in [7, 11) is 5.86. The van der Waals surface area contributed by atoms with E-state index in [1.807, 2.05) is 30.3 Å². The van der Waals surface area contributed by atoms with Crippen LogP contribution in [0, 0.1) is 0 Å². The normalized spacial score (nSPS) is 10.8. The summed E-state index contributed by atoms with van der Waals surface area (Å²) in [4.78, 5) is 24.8. The average Bonchev–Trinajstić information content (AvgIpc) is 2.92. The zero-order chi connectivity index (χ0) is 25.9. The number of rotatable bonds is 10. The highest BCUT2D eigenvalue weighted by atomic mass is 16.6. The van der Waals surface area contributed by atoms with Gasteiger partial charge < -0.3 is 23.7 Å². The van der Waals surface area contributed by atoms with Gasteiger partial charge in [0.1, 0.15) is 0 Å². The standard InChI is InChI=1S/C27H26N2O7/c1-32-22-14-19(10-12-21(22)36-25(30)13-11-18-8-6-5-7-9-18)17-28-29-27(31)20-15-23(33-2)26(35-4)24(16-20)34-3/h5-17H,1-4H3,(H,29,31)/b13-11+,28-17-. The SMILES string of the molecule is COc1cc(/C=N\NC(=O)c2cc(OC)c(OC)c(OC)c2)ccc1OC(=O)/C=C/c1ccccc1. The number of esters is 1. The van der Waals surface area contributed by atoms with E-state index in [-0.39, 0.29) is 11.3 Å². The van der Waals surface area contributed by atoms with Crippen molar-refractivity contribution >= 4 is 24.2 Å². The van der Waals surface area contributed by atoms with Crippen LogP contribution in [0.25, 0.3) is 6.08 Å². The molecule has 3 rings (SSSR count). The van der Waals surface area contributed by atoms with E-state index in [1.54, 1.807) is 24.3 Å². The van der Waals surface area contributed by atoms with Crippen LogP contribution in [0.15, 0.2) is 71.8 Å². The first kappa shape index (κ1) is 25.8. The number of hydrogen-bond acceptors (Lipinski definition) is 8. The number of methoxy groups -OCH3 is 4. The molecule has 3 aromatic carbocycles. The number of carbonyl (C=O) groups excluding carboxylic acids is 2. The third-order valence-electron chi connectivity index (χ3n) is 4.92. The van der Waals surface area contributed by atoms with Gasteiger partial charge in [0.25, 0.3) is 5.91 Å². The molecule has 9 heteroatoms. The Morgan fingerprint density at radius 1 is 0.750 bits per heavy atom. The molecule has 0 aliphatic rings. The number of benzene rings is 3. The largest absolute Gasteiger partial charge is 0.493 e. The number of nitrogens with zero attached hydrogens (tertiary/aromatic N) is 1. The zero-order valence-electron chi connectivity index (χ0n) is 20.3. The molecule has 36 heavy (non-hydrogen) atoms. The third kappa shape index (κ3) is 6.63. The summed E-state index contributed by atoms with van der Waals surface area (Å²) in [5.74, 6) is 0.627. The second-order valence-electron chi connectivity index (χ2n) is 7.19. The number of hydrogen-bond donors (Lipinski definition) is 1. The van der Waals surface area contributed by atoms with Gasteiger partial charge in [-0.15, -0.1) is 0 Å². The zero-order valence-corrected chi connectivity index (χ0v) is 20.3. The van der Waals surface area contributed by atoms with Crippen LogP contribution in [0.5, 0.6) is 28.7 Å². The Morgan fingerprint density at radius 3 is 2.03 bits per heavy atom. The second kappa shape index (κ2) is 12.6. The fourth-order valence-corrected chi connectivity index (χ4v) is 3.16. The Morgan fingerprint density at radius 2 is 1.42 bits per heavy atom. The minimum Gasteiger partial charge on any atom is -0.493 e. The number of nitrogens with one attached hydrogen (secondary N) is 1. The Bertz CT molecular complexity index is 1250. The maximum Gasteiger partial charge on any atom is 0.336 e. The molecular weight excluding hydrogens is 464 g/mol. The predicted octanol–water partition coefficient (Wildman–Crippen LogP) is 4.10. The lowest BCUT2D eigenvalue weighted by Crippen LogP contribution is -2.18. The van der Waals surface area contributed by atoms with Gasteiger partial charge in [0.05, 0.1) is 34.7 Å². The van der Waals surface area contributed by atoms with E-state index in [2.05, 4.69) is 10.5 Å². The van der Waals surface area contributed by atoms with Crippen LogP contribution >= 0.6 is 0 Å². The topological polar surface area (TPSA) is 105 Å². The van der Waals surface area contributed by atoms with Crippen molar-refractivity contribution in [1.29, 1.82) is 0 Å². The van der Waals surface area contributed by atoms with Gasteiger partial charge in [-0.25, -0.2) is 10.2 Å². The highest BCUT2D eigenvalue weighted by molar-refractivity contribution is 5.96. The van der Waals surface area contributed by atoms with E-state index >= 15 is 0 Å². The van der Waals surface area contributed by atoms with Crippen molar-refractivity contribution in [2.45, 2.75) is 0 Å². The lowest BCUT2D eigenvalue weighted by molar-refractivity contribution is -0.129. The molecule has 0 radical (unpaired) electrons. The molecule has 9 nitrogen and oxygen atoms in total. The maximum absolute atomic E-state index is 12.6. The quantitative estimate of drug-likeness (QED) is 0.150. The molecule has 1 N–H and O–H groups in total.